The molecular weight excluding hydrogens is 490 g/mol. The van der Waals surface area contributed by atoms with Crippen molar-refractivity contribution in [3.05, 3.63) is 83.4 Å². The molecule has 0 aliphatic carbocycles. The molecule has 1 N–H and O–H groups in total. The lowest BCUT2D eigenvalue weighted by Crippen LogP contribution is -2.41. The molecule has 1 saturated heterocycles. The van der Waals surface area contributed by atoms with Gasteiger partial charge in [0.2, 0.25) is 5.91 Å². The molecular formula is C28H33N3O5S. The quantitative estimate of drug-likeness (QED) is 0.461. The summed E-state index contributed by atoms with van der Waals surface area (Å²) in [5, 5.41) is 2.86. The average molecular weight is 524 g/mol. The fourth-order valence-electron chi connectivity index (χ4n) is 4.17. The van der Waals surface area contributed by atoms with E-state index in [4.69, 9.17) is 9.47 Å². The Balaban J connectivity index is 1.52. The Labute approximate surface area is 218 Å². The number of benzene rings is 3. The number of amides is 1. The number of methoxy groups -OCH3 is 1. The first-order valence-electron chi connectivity index (χ1n) is 12.2. The van der Waals surface area contributed by atoms with Crippen LogP contribution in [0.4, 0.5) is 11.4 Å². The van der Waals surface area contributed by atoms with E-state index >= 15 is 0 Å². The highest BCUT2D eigenvalue weighted by Gasteiger charge is 2.29. The molecule has 1 aliphatic rings. The summed E-state index contributed by atoms with van der Waals surface area (Å²) in [7, 11) is -2.56. The summed E-state index contributed by atoms with van der Waals surface area (Å²) in [6.45, 7) is 6.77. The summed E-state index contributed by atoms with van der Waals surface area (Å²) in [6, 6.07) is 19.8. The molecule has 0 atom stereocenters. The molecule has 1 heterocycles. The first-order valence-corrected chi connectivity index (χ1v) is 13.6. The molecule has 9 heteroatoms. The van der Waals surface area contributed by atoms with E-state index in [0.29, 0.717) is 24.7 Å². The van der Waals surface area contributed by atoms with Gasteiger partial charge in [-0.25, -0.2) is 8.42 Å². The third-order valence-corrected chi connectivity index (χ3v) is 8.08. The maximum absolute atomic E-state index is 13.7. The normalized spacial score (nSPS) is 13.8. The number of sulfonamides is 1. The molecule has 0 spiro atoms. The standard InChI is InChI=1S/C28H33N3O5S/c1-21-4-11-25(12-5-21)37(33,34)31(26-18-22(2)6-13-27(26)35-3)20-28(32)29-19-23-7-9-24(10-8-23)30-14-16-36-17-15-30/h4-13,18H,14-17,19-20H2,1-3H3,(H,29,32). The van der Waals surface area contributed by atoms with Crippen LogP contribution in [0.15, 0.2) is 71.6 Å². The van der Waals surface area contributed by atoms with Gasteiger partial charge in [-0.05, 0) is 61.4 Å². The molecule has 0 bridgehead atoms. The Morgan fingerprint density at radius 1 is 0.973 bits per heavy atom. The predicted octanol–water partition coefficient (Wildman–Crippen LogP) is 3.66. The summed E-state index contributed by atoms with van der Waals surface area (Å²) in [6.07, 6.45) is 0. The summed E-state index contributed by atoms with van der Waals surface area (Å²) >= 11 is 0. The van der Waals surface area contributed by atoms with Crippen molar-refractivity contribution in [2.75, 3.05) is 49.2 Å². The number of nitrogens with zero attached hydrogens (tertiary/aromatic N) is 2. The van der Waals surface area contributed by atoms with Gasteiger partial charge < -0.3 is 19.7 Å². The van der Waals surface area contributed by atoms with Gasteiger partial charge in [0.05, 0.1) is 30.9 Å². The molecule has 1 amide bonds. The molecule has 37 heavy (non-hydrogen) atoms. The molecule has 1 fully saturated rings. The highest BCUT2D eigenvalue weighted by molar-refractivity contribution is 7.92. The third kappa shape index (κ3) is 6.42. The van der Waals surface area contributed by atoms with Crippen LogP contribution in [0.5, 0.6) is 5.75 Å². The Morgan fingerprint density at radius 3 is 2.27 bits per heavy atom. The third-order valence-electron chi connectivity index (χ3n) is 6.30. The van der Waals surface area contributed by atoms with Crippen molar-refractivity contribution in [1.29, 1.82) is 0 Å². The lowest BCUT2D eigenvalue weighted by Gasteiger charge is -2.29. The minimum atomic E-state index is -4.04. The Morgan fingerprint density at radius 2 is 1.62 bits per heavy atom. The van der Waals surface area contributed by atoms with Crippen molar-refractivity contribution in [3.8, 4) is 5.75 Å². The topological polar surface area (TPSA) is 88.2 Å². The zero-order valence-electron chi connectivity index (χ0n) is 21.4. The van der Waals surface area contributed by atoms with Crippen LogP contribution in [-0.4, -0.2) is 54.3 Å². The van der Waals surface area contributed by atoms with Crippen molar-refractivity contribution in [2.45, 2.75) is 25.3 Å². The van der Waals surface area contributed by atoms with Crippen LogP contribution >= 0.6 is 0 Å². The van der Waals surface area contributed by atoms with Gasteiger partial charge in [0.15, 0.2) is 0 Å². The van der Waals surface area contributed by atoms with Crippen LogP contribution in [0.3, 0.4) is 0 Å². The highest BCUT2D eigenvalue weighted by atomic mass is 32.2. The maximum atomic E-state index is 13.7. The number of anilines is 2. The van der Waals surface area contributed by atoms with Gasteiger partial charge in [-0.15, -0.1) is 0 Å². The second-order valence-electron chi connectivity index (χ2n) is 9.04. The highest BCUT2D eigenvalue weighted by Crippen LogP contribution is 2.33. The Hall–Kier alpha value is -3.56. The molecule has 3 aromatic rings. The molecule has 196 valence electrons. The van der Waals surface area contributed by atoms with Crippen LogP contribution < -0.4 is 19.3 Å². The summed E-state index contributed by atoms with van der Waals surface area (Å²) in [5.74, 6) is -0.0516. The molecule has 8 nitrogen and oxygen atoms in total. The van der Waals surface area contributed by atoms with E-state index in [1.54, 1.807) is 36.4 Å². The first-order chi connectivity index (χ1) is 17.8. The van der Waals surface area contributed by atoms with Crippen LogP contribution in [0.2, 0.25) is 0 Å². The lowest BCUT2D eigenvalue weighted by atomic mass is 10.2. The average Bonchev–Trinajstić information content (AvgIpc) is 2.91. The van der Waals surface area contributed by atoms with Crippen molar-refractivity contribution in [2.24, 2.45) is 0 Å². The molecule has 0 radical (unpaired) electrons. The van der Waals surface area contributed by atoms with Crippen molar-refractivity contribution >= 4 is 27.3 Å². The smallest absolute Gasteiger partial charge is 0.264 e. The number of carbonyl (C=O) groups is 1. The molecule has 0 aromatic heterocycles. The largest absolute Gasteiger partial charge is 0.495 e. The number of aryl methyl sites for hydroxylation is 2. The number of hydrogen-bond donors (Lipinski definition) is 1. The summed E-state index contributed by atoms with van der Waals surface area (Å²) in [5.41, 5.74) is 4.14. The number of rotatable bonds is 9. The number of carbonyl (C=O) groups excluding carboxylic acids is 1. The van der Waals surface area contributed by atoms with Crippen molar-refractivity contribution in [3.63, 3.8) is 0 Å². The van der Waals surface area contributed by atoms with E-state index < -0.39 is 15.9 Å². The first kappa shape index (κ1) is 26.5. The zero-order valence-corrected chi connectivity index (χ0v) is 22.3. The second kappa shape index (κ2) is 11.7. The summed E-state index contributed by atoms with van der Waals surface area (Å²) in [4.78, 5) is 15.4. The lowest BCUT2D eigenvalue weighted by molar-refractivity contribution is -0.119. The van der Waals surface area contributed by atoms with Gasteiger partial charge in [0, 0.05) is 25.3 Å². The van der Waals surface area contributed by atoms with Crippen LogP contribution in [0.25, 0.3) is 0 Å². The van der Waals surface area contributed by atoms with Gasteiger partial charge in [-0.3, -0.25) is 9.10 Å². The molecule has 4 rings (SSSR count). The number of morpholine rings is 1. The molecule has 3 aromatic carbocycles. The number of nitrogens with one attached hydrogen (secondary N) is 1. The van der Waals surface area contributed by atoms with Crippen molar-refractivity contribution < 1.29 is 22.7 Å². The number of hydrogen-bond acceptors (Lipinski definition) is 6. The van der Waals surface area contributed by atoms with Crippen LogP contribution in [0.1, 0.15) is 16.7 Å². The van der Waals surface area contributed by atoms with E-state index in [2.05, 4.69) is 10.2 Å². The molecule has 0 unspecified atom stereocenters. The Kier molecular flexibility index (Phi) is 8.35. The summed E-state index contributed by atoms with van der Waals surface area (Å²) < 4.78 is 39.4. The number of ether oxygens (including phenoxy) is 2. The van der Waals surface area contributed by atoms with E-state index in [-0.39, 0.29) is 18.0 Å². The van der Waals surface area contributed by atoms with Gasteiger partial charge in [0.1, 0.15) is 12.3 Å². The van der Waals surface area contributed by atoms with E-state index in [1.165, 1.54) is 7.11 Å². The fraction of sp³-hybridized carbons (Fsp3) is 0.321. The fourth-order valence-corrected chi connectivity index (χ4v) is 5.59. The van der Waals surface area contributed by atoms with Gasteiger partial charge in [-0.2, -0.15) is 0 Å². The minimum Gasteiger partial charge on any atom is -0.495 e. The SMILES string of the molecule is COc1ccc(C)cc1N(CC(=O)NCc1ccc(N2CCOCC2)cc1)S(=O)(=O)c1ccc(C)cc1. The monoisotopic (exact) mass is 523 g/mol. The van der Waals surface area contributed by atoms with E-state index in [0.717, 1.165) is 39.8 Å². The van der Waals surface area contributed by atoms with Gasteiger partial charge in [0.25, 0.3) is 10.0 Å². The van der Waals surface area contributed by atoms with Crippen LogP contribution in [0, 0.1) is 13.8 Å². The van der Waals surface area contributed by atoms with E-state index in [9.17, 15) is 13.2 Å². The zero-order chi connectivity index (χ0) is 26.4. The maximum Gasteiger partial charge on any atom is 0.264 e. The van der Waals surface area contributed by atoms with Crippen molar-refractivity contribution in [1.82, 2.24) is 5.32 Å². The van der Waals surface area contributed by atoms with E-state index in [1.807, 2.05) is 44.2 Å². The molecule has 0 saturated carbocycles. The minimum absolute atomic E-state index is 0.105. The Bertz CT molecular complexity index is 1320. The second-order valence-corrected chi connectivity index (χ2v) is 10.9. The van der Waals surface area contributed by atoms with Gasteiger partial charge in [-0.1, -0.05) is 35.9 Å². The van der Waals surface area contributed by atoms with Crippen LogP contribution in [-0.2, 0) is 26.1 Å². The van der Waals surface area contributed by atoms with Gasteiger partial charge >= 0.3 is 0 Å². The molecule has 1 aliphatic heterocycles. The predicted molar refractivity (Wildman–Crippen MR) is 145 cm³/mol.